The molecular formula is C12H10N2O4. The highest BCUT2D eigenvalue weighted by Crippen LogP contribution is 2.32. The van der Waals surface area contributed by atoms with E-state index in [0.29, 0.717) is 16.9 Å². The fourth-order valence-corrected chi connectivity index (χ4v) is 1.54. The molecule has 0 saturated heterocycles. The third-order valence-corrected chi connectivity index (χ3v) is 2.50. The van der Waals surface area contributed by atoms with E-state index in [-0.39, 0.29) is 5.75 Å². The van der Waals surface area contributed by atoms with Crippen molar-refractivity contribution in [2.45, 2.75) is 12.2 Å². The van der Waals surface area contributed by atoms with Gasteiger partial charge in [-0.2, -0.15) is 5.26 Å². The van der Waals surface area contributed by atoms with Crippen LogP contribution in [-0.4, -0.2) is 26.6 Å². The summed E-state index contributed by atoms with van der Waals surface area (Å²) in [7, 11) is 0. The second-order valence-electron chi connectivity index (χ2n) is 3.67. The summed E-state index contributed by atoms with van der Waals surface area (Å²) in [5, 5.41) is 40.7. The first kappa shape index (κ1) is 12.1. The topological polar surface area (TPSA) is 111 Å². The van der Waals surface area contributed by atoms with Crippen LogP contribution in [0.25, 0.3) is 11.3 Å². The van der Waals surface area contributed by atoms with Crippen LogP contribution in [0, 0.1) is 11.3 Å². The quantitative estimate of drug-likeness (QED) is 0.696. The monoisotopic (exact) mass is 246 g/mol. The van der Waals surface area contributed by atoms with Crippen LogP contribution in [0.3, 0.4) is 0 Å². The zero-order valence-electron chi connectivity index (χ0n) is 9.19. The highest BCUT2D eigenvalue weighted by molar-refractivity contribution is 5.66. The van der Waals surface area contributed by atoms with Crippen LogP contribution in [0.5, 0.6) is 5.75 Å². The molecule has 18 heavy (non-hydrogen) atoms. The Morgan fingerprint density at radius 2 is 2.06 bits per heavy atom. The molecule has 6 heteroatoms. The van der Waals surface area contributed by atoms with Crippen molar-refractivity contribution in [2.75, 3.05) is 0 Å². The molecule has 3 N–H and O–H groups in total. The van der Waals surface area contributed by atoms with Crippen LogP contribution >= 0.6 is 0 Å². The molecule has 1 aromatic heterocycles. The molecule has 2 aromatic rings. The molecule has 1 aromatic carbocycles. The minimum atomic E-state index is -1.53. The van der Waals surface area contributed by atoms with Crippen molar-refractivity contribution in [3.8, 4) is 23.1 Å². The molecule has 0 amide bonds. The fraction of sp³-hybridized carbons (Fsp3) is 0.167. The van der Waals surface area contributed by atoms with E-state index in [0.717, 1.165) is 0 Å². The Bertz CT molecular complexity index is 574. The Balaban J connectivity index is 2.42. The number of phenolic OH excluding ortho intramolecular Hbond substituents is 1. The summed E-state index contributed by atoms with van der Waals surface area (Å²) >= 11 is 0. The van der Waals surface area contributed by atoms with E-state index in [9.17, 15) is 15.3 Å². The van der Waals surface area contributed by atoms with Crippen LogP contribution in [0.15, 0.2) is 35.0 Å². The number of aromatic nitrogens is 1. The Kier molecular flexibility index (Phi) is 3.28. The van der Waals surface area contributed by atoms with Gasteiger partial charge in [0.25, 0.3) is 0 Å². The minimum Gasteiger partial charge on any atom is -0.507 e. The highest BCUT2D eigenvalue weighted by atomic mass is 16.5. The fourth-order valence-electron chi connectivity index (χ4n) is 1.54. The lowest BCUT2D eigenvalue weighted by atomic mass is 10.0. The van der Waals surface area contributed by atoms with Crippen LogP contribution < -0.4 is 0 Å². The molecule has 2 atom stereocenters. The third-order valence-electron chi connectivity index (χ3n) is 2.50. The molecule has 0 radical (unpaired) electrons. The smallest absolute Gasteiger partial charge is 0.170 e. The SMILES string of the molecule is N#CC(O)C(O)c1ccc(O)c(-c2ccno2)c1. The maximum atomic E-state index is 9.70. The lowest BCUT2D eigenvalue weighted by Gasteiger charge is -2.13. The molecule has 0 fully saturated rings. The third kappa shape index (κ3) is 2.18. The second kappa shape index (κ2) is 4.87. The number of nitrogens with zero attached hydrogens (tertiary/aromatic N) is 2. The lowest BCUT2D eigenvalue weighted by Crippen LogP contribution is -2.15. The van der Waals surface area contributed by atoms with Gasteiger partial charge in [-0.3, -0.25) is 0 Å². The van der Waals surface area contributed by atoms with E-state index in [1.807, 2.05) is 0 Å². The van der Waals surface area contributed by atoms with E-state index >= 15 is 0 Å². The predicted molar refractivity (Wildman–Crippen MR) is 60.2 cm³/mol. The van der Waals surface area contributed by atoms with Gasteiger partial charge in [-0.05, 0) is 17.7 Å². The number of aromatic hydroxyl groups is 1. The standard InChI is InChI=1S/C12H10N2O4/c13-6-10(16)12(17)7-1-2-9(15)8(5-7)11-3-4-14-18-11/h1-5,10,12,15-17H. The molecule has 1 heterocycles. The highest BCUT2D eigenvalue weighted by Gasteiger charge is 2.19. The molecule has 0 spiro atoms. The number of nitriles is 1. The zero-order chi connectivity index (χ0) is 13.1. The van der Waals surface area contributed by atoms with Crippen molar-refractivity contribution < 1.29 is 19.8 Å². The summed E-state index contributed by atoms with van der Waals surface area (Å²) in [6.45, 7) is 0. The summed E-state index contributed by atoms with van der Waals surface area (Å²) in [5.74, 6) is 0.280. The van der Waals surface area contributed by atoms with Gasteiger partial charge in [0, 0.05) is 6.07 Å². The lowest BCUT2D eigenvalue weighted by molar-refractivity contribution is 0.0528. The average Bonchev–Trinajstić information content (AvgIpc) is 2.91. The van der Waals surface area contributed by atoms with Crippen molar-refractivity contribution in [2.24, 2.45) is 0 Å². The van der Waals surface area contributed by atoms with Crippen molar-refractivity contribution in [3.63, 3.8) is 0 Å². The van der Waals surface area contributed by atoms with E-state index in [2.05, 4.69) is 5.16 Å². The Hall–Kier alpha value is -2.36. The van der Waals surface area contributed by atoms with E-state index in [1.165, 1.54) is 30.5 Å². The summed E-state index contributed by atoms with van der Waals surface area (Å²) in [5.41, 5.74) is 0.627. The van der Waals surface area contributed by atoms with E-state index in [1.54, 1.807) is 6.07 Å². The Morgan fingerprint density at radius 1 is 1.28 bits per heavy atom. The number of rotatable bonds is 3. The molecule has 2 rings (SSSR count). The van der Waals surface area contributed by atoms with Crippen molar-refractivity contribution in [1.29, 1.82) is 5.26 Å². The summed E-state index contributed by atoms with van der Waals surface area (Å²) in [4.78, 5) is 0. The van der Waals surface area contributed by atoms with Gasteiger partial charge < -0.3 is 19.8 Å². The van der Waals surface area contributed by atoms with E-state index < -0.39 is 12.2 Å². The Morgan fingerprint density at radius 3 is 2.67 bits per heavy atom. The number of benzene rings is 1. The Labute approximate surface area is 102 Å². The number of phenols is 1. The first-order valence-electron chi connectivity index (χ1n) is 5.13. The van der Waals surface area contributed by atoms with E-state index in [4.69, 9.17) is 9.78 Å². The number of hydrogen-bond donors (Lipinski definition) is 3. The molecule has 0 aliphatic heterocycles. The number of aliphatic hydroxyl groups excluding tert-OH is 2. The summed E-state index contributed by atoms with van der Waals surface area (Å²) in [6, 6.07) is 7.28. The van der Waals surface area contributed by atoms with Gasteiger partial charge in [0.1, 0.15) is 11.9 Å². The number of hydrogen-bond acceptors (Lipinski definition) is 6. The van der Waals surface area contributed by atoms with Crippen LogP contribution in [0.2, 0.25) is 0 Å². The molecular weight excluding hydrogens is 236 g/mol. The first-order chi connectivity index (χ1) is 8.63. The van der Waals surface area contributed by atoms with Gasteiger partial charge in [-0.25, -0.2) is 0 Å². The van der Waals surface area contributed by atoms with Gasteiger partial charge in [0.2, 0.25) is 0 Å². The molecule has 0 aliphatic carbocycles. The van der Waals surface area contributed by atoms with Crippen LogP contribution in [0.4, 0.5) is 0 Å². The van der Waals surface area contributed by atoms with Crippen molar-refractivity contribution in [3.05, 3.63) is 36.0 Å². The largest absolute Gasteiger partial charge is 0.507 e. The van der Waals surface area contributed by atoms with Gasteiger partial charge in [0.15, 0.2) is 11.9 Å². The van der Waals surface area contributed by atoms with Gasteiger partial charge in [-0.1, -0.05) is 11.2 Å². The van der Waals surface area contributed by atoms with Crippen molar-refractivity contribution >= 4 is 0 Å². The molecule has 92 valence electrons. The molecule has 6 nitrogen and oxygen atoms in total. The van der Waals surface area contributed by atoms with Gasteiger partial charge in [-0.15, -0.1) is 0 Å². The number of aliphatic hydroxyl groups is 2. The molecule has 0 bridgehead atoms. The predicted octanol–water partition coefficient (Wildman–Crippen LogP) is 0.965. The first-order valence-corrected chi connectivity index (χ1v) is 5.13. The van der Waals surface area contributed by atoms with Crippen molar-refractivity contribution in [1.82, 2.24) is 5.16 Å². The maximum absolute atomic E-state index is 9.70. The van der Waals surface area contributed by atoms with Gasteiger partial charge in [0.05, 0.1) is 17.8 Å². The summed E-state index contributed by atoms with van der Waals surface area (Å²) in [6.07, 6.45) is -1.46. The second-order valence-corrected chi connectivity index (χ2v) is 3.67. The van der Waals surface area contributed by atoms with Crippen LogP contribution in [0.1, 0.15) is 11.7 Å². The minimum absolute atomic E-state index is 0.0471. The molecule has 0 aliphatic rings. The average molecular weight is 246 g/mol. The zero-order valence-corrected chi connectivity index (χ0v) is 9.19. The normalized spacial score (nSPS) is 13.8. The molecule has 2 unspecified atom stereocenters. The summed E-state index contributed by atoms with van der Waals surface area (Å²) < 4.78 is 4.90. The maximum Gasteiger partial charge on any atom is 0.170 e. The molecule has 0 saturated carbocycles. The van der Waals surface area contributed by atoms with Crippen LogP contribution in [-0.2, 0) is 0 Å². The van der Waals surface area contributed by atoms with Gasteiger partial charge >= 0.3 is 0 Å².